The summed E-state index contributed by atoms with van der Waals surface area (Å²) in [4.78, 5) is 18.7. The van der Waals surface area contributed by atoms with Crippen molar-refractivity contribution in [1.82, 2.24) is 24.8 Å². The van der Waals surface area contributed by atoms with Crippen LogP contribution in [0.3, 0.4) is 0 Å². The van der Waals surface area contributed by atoms with Gasteiger partial charge in [0.25, 0.3) is 5.56 Å². The minimum absolute atomic E-state index is 0.0591. The SMILES string of the molecule is O=c1ccc(-c2cccnc2)nn1CC1CN(Cc2cnoc2C2CC2)C1. The number of hydrogen-bond acceptors (Lipinski definition) is 6. The lowest BCUT2D eigenvalue weighted by molar-refractivity contribution is 0.0761. The summed E-state index contributed by atoms with van der Waals surface area (Å²) in [6.45, 7) is 3.44. The molecule has 0 spiro atoms. The first kappa shape index (κ1) is 16.4. The average molecular weight is 363 g/mol. The van der Waals surface area contributed by atoms with Gasteiger partial charge in [0, 0.05) is 61.1 Å². The minimum atomic E-state index is -0.0591. The largest absolute Gasteiger partial charge is 0.361 e. The molecule has 1 saturated heterocycles. The predicted octanol–water partition coefficient (Wildman–Crippen LogP) is 2.30. The lowest BCUT2D eigenvalue weighted by atomic mass is 9.99. The quantitative estimate of drug-likeness (QED) is 0.669. The molecular formula is C20H21N5O2. The Morgan fingerprint density at radius 1 is 1.15 bits per heavy atom. The average Bonchev–Trinajstić information content (AvgIpc) is 3.41. The van der Waals surface area contributed by atoms with Crippen molar-refractivity contribution in [3.63, 3.8) is 0 Å². The lowest BCUT2D eigenvalue weighted by Gasteiger charge is -2.39. The van der Waals surface area contributed by atoms with Crippen LogP contribution in [0.4, 0.5) is 0 Å². The van der Waals surface area contributed by atoms with Gasteiger partial charge in [-0.3, -0.25) is 14.7 Å². The highest BCUT2D eigenvalue weighted by Crippen LogP contribution is 2.42. The van der Waals surface area contributed by atoms with E-state index in [9.17, 15) is 4.79 Å². The summed E-state index contributed by atoms with van der Waals surface area (Å²) in [5, 5.41) is 8.50. The van der Waals surface area contributed by atoms with Crippen molar-refractivity contribution in [3.05, 3.63) is 64.5 Å². The predicted molar refractivity (Wildman–Crippen MR) is 99.0 cm³/mol. The molecule has 1 saturated carbocycles. The third-order valence-electron chi connectivity index (χ3n) is 5.31. The smallest absolute Gasteiger partial charge is 0.266 e. The van der Waals surface area contributed by atoms with Crippen LogP contribution in [0.15, 0.2) is 52.2 Å². The zero-order valence-electron chi connectivity index (χ0n) is 15.0. The van der Waals surface area contributed by atoms with Gasteiger partial charge in [-0.25, -0.2) is 4.68 Å². The molecule has 4 heterocycles. The third kappa shape index (κ3) is 3.42. The highest BCUT2D eigenvalue weighted by molar-refractivity contribution is 5.56. The van der Waals surface area contributed by atoms with Crippen LogP contribution < -0.4 is 5.56 Å². The second-order valence-corrected chi connectivity index (χ2v) is 7.53. The van der Waals surface area contributed by atoms with E-state index in [1.54, 1.807) is 29.2 Å². The molecule has 3 aromatic rings. The van der Waals surface area contributed by atoms with Gasteiger partial charge in [0.15, 0.2) is 0 Å². The molecule has 1 aliphatic heterocycles. The summed E-state index contributed by atoms with van der Waals surface area (Å²) in [7, 11) is 0. The molecule has 7 nitrogen and oxygen atoms in total. The highest BCUT2D eigenvalue weighted by atomic mass is 16.5. The van der Waals surface area contributed by atoms with E-state index in [4.69, 9.17) is 4.52 Å². The molecule has 2 aliphatic rings. The molecule has 0 radical (unpaired) electrons. The topological polar surface area (TPSA) is 77.1 Å². The highest BCUT2D eigenvalue weighted by Gasteiger charge is 2.33. The maximum Gasteiger partial charge on any atom is 0.266 e. The van der Waals surface area contributed by atoms with E-state index in [1.165, 1.54) is 18.4 Å². The van der Waals surface area contributed by atoms with Gasteiger partial charge in [0.05, 0.1) is 18.4 Å². The summed E-state index contributed by atoms with van der Waals surface area (Å²) in [5.74, 6) is 2.08. The Labute approximate surface area is 156 Å². The van der Waals surface area contributed by atoms with Gasteiger partial charge in [-0.2, -0.15) is 5.10 Å². The second kappa shape index (κ2) is 6.74. The number of aromatic nitrogens is 4. The van der Waals surface area contributed by atoms with Crippen molar-refractivity contribution in [1.29, 1.82) is 0 Å². The summed E-state index contributed by atoms with van der Waals surface area (Å²) >= 11 is 0. The van der Waals surface area contributed by atoms with Crippen molar-refractivity contribution >= 4 is 0 Å². The van der Waals surface area contributed by atoms with E-state index < -0.39 is 0 Å². The molecule has 3 aromatic heterocycles. The molecule has 0 unspecified atom stereocenters. The van der Waals surface area contributed by atoms with Gasteiger partial charge in [-0.05, 0) is 31.0 Å². The summed E-state index contributed by atoms with van der Waals surface area (Å²) in [5.41, 5.74) is 2.85. The first-order valence-corrected chi connectivity index (χ1v) is 9.40. The summed E-state index contributed by atoms with van der Waals surface area (Å²) < 4.78 is 7.00. The number of hydrogen-bond donors (Lipinski definition) is 0. The van der Waals surface area contributed by atoms with Gasteiger partial charge < -0.3 is 4.52 Å². The Kier molecular flexibility index (Phi) is 4.09. The fraction of sp³-hybridized carbons (Fsp3) is 0.400. The van der Waals surface area contributed by atoms with Crippen LogP contribution in [-0.2, 0) is 13.1 Å². The van der Waals surface area contributed by atoms with Crippen molar-refractivity contribution in [2.45, 2.75) is 31.8 Å². The molecule has 138 valence electrons. The zero-order chi connectivity index (χ0) is 18.2. The van der Waals surface area contributed by atoms with Crippen LogP contribution >= 0.6 is 0 Å². The van der Waals surface area contributed by atoms with E-state index in [1.807, 2.05) is 18.3 Å². The third-order valence-corrected chi connectivity index (χ3v) is 5.31. The maximum atomic E-state index is 12.2. The van der Waals surface area contributed by atoms with Crippen molar-refractivity contribution in [3.8, 4) is 11.3 Å². The minimum Gasteiger partial charge on any atom is -0.361 e. The van der Waals surface area contributed by atoms with Crippen LogP contribution in [0.25, 0.3) is 11.3 Å². The first-order valence-electron chi connectivity index (χ1n) is 9.40. The number of rotatable bonds is 6. The summed E-state index contributed by atoms with van der Waals surface area (Å²) in [6.07, 6.45) is 7.77. The van der Waals surface area contributed by atoms with E-state index in [0.29, 0.717) is 18.4 Å². The Hall–Kier alpha value is -2.80. The van der Waals surface area contributed by atoms with Crippen molar-refractivity contribution in [2.75, 3.05) is 13.1 Å². The number of nitrogens with zero attached hydrogens (tertiary/aromatic N) is 5. The van der Waals surface area contributed by atoms with Crippen LogP contribution in [0.5, 0.6) is 0 Å². The van der Waals surface area contributed by atoms with Gasteiger partial charge in [-0.15, -0.1) is 0 Å². The van der Waals surface area contributed by atoms with Gasteiger partial charge in [-0.1, -0.05) is 5.16 Å². The lowest BCUT2D eigenvalue weighted by Crippen LogP contribution is -2.48. The fourth-order valence-electron chi connectivity index (χ4n) is 3.72. The van der Waals surface area contributed by atoms with Gasteiger partial charge in [0.1, 0.15) is 5.76 Å². The Balaban J connectivity index is 1.22. The standard InChI is InChI=1S/C20H21N5O2/c26-19-6-5-18(16-2-1-7-21-8-16)23-25(19)12-14-10-24(11-14)13-17-9-22-27-20(17)15-3-4-15/h1-2,5-9,14-15H,3-4,10-13H2. The Morgan fingerprint density at radius 2 is 2.04 bits per heavy atom. The Morgan fingerprint density at radius 3 is 2.81 bits per heavy atom. The molecule has 1 aliphatic carbocycles. The van der Waals surface area contributed by atoms with E-state index >= 15 is 0 Å². The first-order chi connectivity index (χ1) is 13.3. The van der Waals surface area contributed by atoms with E-state index in [0.717, 1.165) is 36.7 Å². The molecule has 2 fully saturated rings. The van der Waals surface area contributed by atoms with Crippen molar-refractivity contribution < 1.29 is 4.52 Å². The monoisotopic (exact) mass is 363 g/mol. The molecule has 0 bridgehead atoms. The Bertz CT molecular complexity index is 987. The molecule has 0 amide bonds. The van der Waals surface area contributed by atoms with Crippen LogP contribution in [0.1, 0.15) is 30.1 Å². The van der Waals surface area contributed by atoms with Crippen LogP contribution in [0, 0.1) is 5.92 Å². The number of pyridine rings is 1. The van der Waals surface area contributed by atoms with E-state index in [-0.39, 0.29) is 5.56 Å². The van der Waals surface area contributed by atoms with Crippen LogP contribution in [0.2, 0.25) is 0 Å². The second-order valence-electron chi connectivity index (χ2n) is 7.53. The maximum absolute atomic E-state index is 12.2. The fourth-order valence-corrected chi connectivity index (χ4v) is 3.72. The molecule has 0 N–H and O–H groups in total. The molecular weight excluding hydrogens is 342 g/mol. The molecule has 27 heavy (non-hydrogen) atoms. The van der Waals surface area contributed by atoms with E-state index in [2.05, 4.69) is 20.1 Å². The zero-order valence-corrected chi connectivity index (χ0v) is 15.0. The molecule has 7 heteroatoms. The normalized spacial score (nSPS) is 17.8. The summed E-state index contributed by atoms with van der Waals surface area (Å²) in [6, 6.07) is 7.17. The van der Waals surface area contributed by atoms with Gasteiger partial charge in [0.2, 0.25) is 0 Å². The van der Waals surface area contributed by atoms with Crippen molar-refractivity contribution in [2.24, 2.45) is 5.92 Å². The molecule has 0 aromatic carbocycles. The molecule has 5 rings (SSSR count). The number of likely N-dealkylation sites (tertiary alicyclic amines) is 1. The molecule has 0 atom stereocenters. The van der Waals surface area contributed by atoms with Crippen LogP contribution in [-0.4, -0.2) is 37.9 Å². The van der Waals surface area contributed by atoms with Gasteiger partial charge >= 0.3 is 0 Å².